The summed E-state index contributed by atoms with van der Waals surface area (Å²) in [5.74, 6) is 4.96. The lowest BCUT2D eigenvalue weighted by Gasteiger charge is -2.50. The Balaban J connectivity index is 1.39. The summed E-state index contributed by atoms with van der Waals surface area (Å²) in [5.41, 5.74) is 10.1. The average Bonchev–Trinajstić information content (AvgIpc) is 3.48. The van der Waals surface area contributed by atoms with E-state index in [9.17, 15) is 0 Å². The molecule has 5 fully saturated rings. The lowest BCUT2D eigenvalue weighted by atomic mass is 9.56. The number of rotatable bonds is 2. The van der Waals surface area contributed by atoms with Crippen LogP contribution in [0.3, 0.4) is 0 Å². The van der Waals surface area contributed by atoms with Crippen molar-refractivity contribution in [2.75, 3.05) is 0 Å². The molecule has 7 unspecified atom stereocenters. The first-order valence-electron chi connectivity index (χ1n) is 17.9. The quantitative estimate of drug-likeness (QED) is 0.290. The molecule has 0 amide bonds. The maximum Gasteiger partial charge on any atom is 0.0551 e. The summed E-state index contributed by atoms with van der Waals surface area (Å²) < 4.78 is 0. The summed E-state index contributed by atoms with van der Waals surface area (Å²) in [4.78, 5) is 0. The SMILES string of the molecule is CC1(C)CCC(C)(C)C2=CC3C(C=C21)C1C=C2C(=CC1C3[Si](C)(C)C1CCC3CCCCC31)C(C)(C)CCC2(C)C. The van der Waals surface area contributed by atoms with E-state index in [4.69, 9.17) is 0 Å². The molecule has 0 heterocycles. The Morgan fingerprint density at radius 2 is 0.902 bits per heavy atom. The number of hydrogen-bond donors (Lipinski definition) is 0. The van der Waals surface area contributed by atoms with Gasteiger partial charge in [0, 0.05) is 0 Å². The molecule has 0 spiro atoms. The zero-order valence-electron chi connectivity index (χ0n) is 28.5. The van der Waals surface area contributed by atoms with Gasteiger partial charge in [0.25, 0.3) is 0 Å². The van der Waals surface area contributed by atoms with Crippen molar-refractivity contribution in [1.29, 1.82) is 0 Å². The van der Waals surface area contributed by atoms with Crippen LogP contribution in [0.4, 0.5) is 0 Å². The van der Waals surface area contributed by atoms with Gasteiger partial charge in [0.15, 0.2) is 0 Å². The molecule has 0 saturated heterocycles. The third-order valence-electron chi connectivity index (χ3n) is 15.0. The van der Waals surface area contributed by atoms with Crippen molar-refractivity contribution in [3.8, 4) is 0 Å². The van der Waals surface area contributed by atoms with E-state index in [1.165, 1.54) is 44.9 Å². The average molecular weight is 571 g/mol. The van der Waals surface area contributed by atoms with Crippen LogP contribution in [0.1, 0.15) is 120 Å². The molecule has 0 nitrogen and oxygen atoms in total. The molecule has 7 aliphatic rings. The Bertz CT molecular complexity index is 1150. The molecular formula is C40H62Si. The summed E-state index contributed by atoms with van der Waals surface area (Å²) in [6.45, 7) is 26.3. The van der Waals surface area contributed by atoms with E-state index in [-0.39, 0.29) is 0 Å². The molecule has 7 aliphatic carbocycles. The minimum atomic E-state index is -1.59. The van der Waals surface area contributed by atoms with Gasteiger partial charge in [0.2, 0.25) is 0 Å². The van der Waals surface area contributed by atoms with E-state index in [1.807, 2.05) is 0 Å². The zero-order chi connectivity index (χ0) is 29.3. The molecule has 0 bridgehead atoms. The van der Waals surface area contributed by atoms with Crippen LogP contribution in [0, 0.1) is 57.2 Å². The van der Waals surface area contributed by atoms with E-state index in [0.29, 0.717) is 33.5 Å². The van der Waals surface area contributed by atoms with Crippen molar-refractivity contribution in [3.63, 3.8) is 0 Å². The van der Waals surface area contributed by atoms with Gasteiger partial charge in [0.1, 0.15) is 0 Å². The van der Waals surface area contributed by atoms with E-state index in [2.05, 4.69) is 92.8 Å². The van der Waals surface area contributed by atoms with Crippen LogP contribution in [0.2, 0.25) is 24.2 Å². The fourth-order valence-corrected chi connectivity index (χ4v) is 17.9. The summed E-state index contributed by atoms with van der Waals surface area (Å²) in [6.07, 6.45) is 26.3. The maximum atomic E-state index is 2.96. The van der Waals surface area contributed by atoms with Crippen LogP contribution in [-0.2, 0) is 0 Å². The standard InChI is InChI=1S/C40H62Si/c1-37(2)17-19-39(5,6)33-23-29-27(21-31(33)37)28-22-32-34(40(7,8)20-18-38(32,3)4)24-30(28)36(29)41(9,10)35-16-15-25-13-11-12-14-26(25)35/h21-30,35-36H,11-20H2,1-10H3. The predicted octanol–water partition coefficient (Wildman–Crippen LogP) is 11.9. The van der Waals surface area contributed by atoms with Crippen molar-refractivity contribution in [1.82, 2.24) is 0 Å². The maximum absolute atomic E-state index is 2.96. The highest BCUT2D eigenvalue weighted by Gasteiger charge is 2.61. The van der Waals surface area contributed by atoms with Crippen molar-refractivity contribution in [2.45, 2.75) is 144 Å². The molecule has 7 rings (SSSR count). The van der Waals surface area contributed by atoms with Crippen molar-refractivity contribution >= 4 is 8.07 Å². The Labute approximate surface area is 255 Å². The second-order valence-corrected chi connectivity index (χ2v) is 24.5. The van der Waals surface area contributed by atoms with Gasteiger partial charge in [-0.2, -0.15) is 0 Å². The van der Waals surface area contributed by atoms with Gasteiger partial charge in [-0.1, -0.05) is 131 Å². The topological polar surface area (TPSA) is 0 Å². The minimum absolute atomic E-state index is 0.308. The van der Waals surface area contributed by atoms with Crippen molar-refractivity contribution in [2.24, 2.45) is 57.2 Å². The largest absolute Gasteiger partial charge is 0.0767 e. The van der Waals surface area contributed by atoms with E-state index in [0.717, 1.165) is 34.8 Å². The molecule has 0 aliphatic heterocycles. The lowest BCUT2D eigenvalue weighted by Crippen LogP contribution is -2.46. The highest BCUT2D eigenvalue weighted by atomic mass is 28.3. The number of hydrogen-bond acceptors (Lipinski definition) is 0. The third-order valence-corrected chi connectivity index (χ3v) is 20.1. The summed E-state index contributed by atoms with van der Waals surface area (Å²) in [7, 11) is -1.59. The molecule has 0 aromatic heterocycles. The summed E-state index contributed by atoms with van der Waals surface area (Å²) in [6, 6.07) is 0. The van der Waals surface area contributed by atoms with Gasteiger partial charge >= 0.3 is 0 Å². The molecule has 5 saturated carbocycles. The van der Waals surface area contributed by atoms with Gasteiger partial charge in [-0.25, -0.2) is 0 Å². The molecule has 1 heteroatoms. The highest BCUT2D eigenvalue weighted by molar-refractivity contribution is 6.80. The second-order valence-electron chi connectivity index (χ2n) is 19.4. The lowest BCUT2D eigenvalue weighted by molar-refractivity contribution is 0.244. The van der Waals surface area contributed by atoms with Crippen LogP contribution >= 0.6 is 0 Å². The van der Waals surface area contributed by atoms with Crippen LogP contribution in [0.15, 0.2) is 46.6 Å². The Kier molecular flexibility index (Phi) is 6.42. The molecule has 7 atom stereocenters. The van der Waals surface area contributed by atoms with Crippen LogP contribution in [0.5, 0.6) is 0 Å². The van der Waals surface area contributed by atoms with Gasteiger partial charge in [-0.3, -0.25) is 0 Å². The Hall–Kier alpha value is -0.823. The van der Waals surface area contributed by atoms with Gasteiger partial charge in [-0.05, 0) is 116 Å². The first-order chi connectivity index (χ1) is 19.0. The normalized spacial score (nSPS) is 43.3. The van der Waals surface area contributed by atoms with Gasteiger partial charge < -0.3 is 0 Å². The Morgan fingerprint density at radius 3 is 1.34 bits per heavy atom. The van der Waals surface area contributed by atoms with Gasteiger partial charge in [0.05, 0.1) is 8.07 Å². The van der Waals surface area contributed by atoms with Crippen molar-refractivity contribution < 1.29 is 0 Å². The molecule has 41 heavy (non-hydrogen) atoms. The second kappa shape index (κ2) is 9.11. The van der Waals surface area contributed by atoms with E-state index in [1.54, 1.807) is 41.6 Å². The van der Waals surface area contributed by atoms with Crippen molar-refractivity contribution in [3.05, 3.63) is 46.6 Å². The predicted molar refractivity (Wildman–Crippen MR) is 180 cm³/mol. The first kappa shape index (κ1) is 28.9. The van der Waals surface area contributed by atoms with E-state index >= 15 is 0 Å². The summed E-state index contributed by atoms with van der Waals surface area (Å²) >= 11 is 0. The van der Waals surface area contributed by atoms with Crippen LogP contribution < -0.4 is 0 Å². The monoisotopic (exact) mass is 570 g/mol. The molecular weight excluding hydrogens is 509 g/mol. The van der Waals surface area contributed by atoms with Crippen LogP contribution in [-0.4, -0.2) is 8.07 Å². The minimum Gasteiger partial charge on any atom is -0.0767 e. The summed E-state index contributed by atoms with van der Waals surface area (Å²) in [5, 5.41) is 0. The smallest absolute Gasteiger partial charge is 0.0551 e. The number of fused-ring (bicyclic) bond motifs is 6. The van der Waals surface area contributed by atoms with Gasteiger partial charge in [-0.15, -0.1) is 0 Å². The molecule has 0 aromatic carbocycles. The molecule has 0 radical (unpaired) electrons. The third kappa shape index (κ3) is 4.23. The zero-order valence-corrected chi connectivity index (χ0v) is 29.5. The molecule has 0 N–H and O–H groups in total. The number of allylic oxidation sites excluding steroid dienone is 8. The highest BCUT2D eigenvalue weighted by Crippen LogP contribution is 2.69. The van der Waals surface area contributed by atoms with Crippen LogP contribution in [0.25, 0.3) is 0 Å². The molecule has 0 aromatic rings. The van der Waals surface area contributed by atoms with E-state index < -0.39 is 8.07 Å². The Morgan fingerprint density at radius 1 is 0.512 bits per heavy atom. The fraction of sp³-hybridized carbons (Fsp3) is 0.800. The first-order valence-corrected chi connectivity index (χ1v) is 21.1. The fourth-order valence-electron chi connectivity index (χ4n) is 12.3. The molecule has 226 valence electrons.